The van der Waals surface area contributed by atoms with Gasteiger partial charge < -0.3 is 0 Å². The number of nitrogens with zero attached hydrogens (tertiary/aromatic N) is 2. The highest BCUT2D eigenvalue weighted by Gasteiger charge is 2.23. The molecule has 2 rings (SSSR count). The molecule has 0 saturated carbocycles. The van der Waals surface area contributed by atoms with Crippen LogP contribution >= 0.6 is 0 Å². The van der Waals surface area contributed by atoms with Crippen molar-refractivity contribution >= 4 is 12.1 Å². The quantitative estimate of drug-likeness (QED) is 0.538. The first-order chi connectivity index (χ1) is 6.07. The average Bonchev–Trinajstić information content (AvgIpc) is 2.47. The Balaban J connectivity index is 2.32. The summed E-state index contributed by atoms with van der Waals surface area (Å²) in [6.07, 6.45) is 8.05. The molecule has 0 amide bonds. The average molecular weight is 174 g/mol. The summed E-state index contributed by atoms with van der Waals surface area (Å²) in [4.78, 5) is 8.43. The maximum atomic E-state index is 4.27. The van der Waals surface area contributed by atoms with E-state index in [1.165, 1.54) is 5.57 Å². The minimum Gasteiger partial charge on any atom is -0.260 e. The fourth-order valence-electron chi connectivity index (χ4n) is 1.50. The second-order valence-electron chi connectivity index (χ2n) is 4.47. The van der Waals surface area contributed by atoms with Crippen LogP contribution in [0, 0.1) is 5.41 Å². The molecule has 2 heteroatoms. The van der Waals surface area contributed by atoms with E-state index in [0.717, 1.165) is 5.71 Å². The Kier molecular flexibility index (Phi) is 1.72. The van der Waals surface area contributed by atoms with E-state index in [1.54, 1.807) is 6.34 Å². The van der Waals surface area contributed by atoms with Crippen molar-refractivity contribution in [3.63, 3.8) is 0 Å². The lowest BCUT2D eigenvalue weighted by molar-refractivity contribution is 0.514. The molecule has 1 heterocycles. The lowest BCUT2D eigenvalue weighted by Gasteiger charge is -2.23. The molecule has 0 N–H and O–H groups in total. The van der Waals surface area contributed by atoms with Gasteiger partial charge in [-0.1, -0.05) is 32.9 Å². The van der Waals surface area contributed by atoms with E-state index >= 15 is 0 Å². The van der Waals surface area contributed by atoms with Gasteiger partial charge >= 0.3 is 0 Å². The molecule has 1 atom stereocenters. The molecule has 1 unspecified atom stereocenters. The molecule has 1 aliphatic carbocycles. The first-order valence-corrected chi connectivity index (χ1v) is 4.57. The van der Waals surface area contributed by atoms with Crippen LogP contribution in [0.15, 0.2) is 33.8 Å². The molecule has 1 aliphatic heterocycles. The zero-order chi connectivity index (χ0) is 9.47. The summed E-state index contributed by atoms with van der Waals surface area (Å²) in [7, 11) is 0. The molecule has 0 aromatic heterocycles. The molecule has 0 spiro atoms. The van der Waals surface area contributed by atoms with E-state index in [1.807, 2.05) is 0 Å². The molecule has 0 saturated heterocycles. The number of allylic oxidation sites excluding steroid dienone is 2. The van der Waals surface area contributed by atoms with Crippen LogP contribution in [-0.4, -0.2) is 18.1 Å². The van der Waals surface area contributed by atoms with Crippen LogP contribution in [0.4, 0.5) is 0 Å². The van der Waals surface area contributed by atoms with Crippen LogP contribution in [0.3, 0.4) is 0 Å². The van der Waals surface area contributed by atoms with Crippen LogP contribution in [-0.2, 0) is 0 Å². The topological polar surface area (TPSA) is 24.7 Å². The Bertz CT molecular complexity index is 338. The zero-order valence-electron chi connectivity index (χ0n) is 8.28. The Labute approximate surface area is 78.8 Å². The third kappa shape index (κ3) is 1.48. The van der Waals surface area contributed by atoms with Crippen LogP contribution < -0.4 is 0 Å². The van der Waals surface area contributed by atoms with E-state index in [0.29, 0.717) is 0 Å². The molecule has 0 fully saturated rings. The standard InChI is InChI=1S/C11H14N2/c1-11(2,3)8-4-5-9-10(6-8)13-7-12-9/h4-7,10H,1-3H3. The van der Waals surface area contributed by atoms with E-state index < -0.39 is 0 Å². The molecule has 2 nitrogen and oxygen atoms in total. The van der Waals surface area contributed by atoms with Crippen molar-refractivity contribution in [1.29, 1.82) is 0 Å². The molecule has 0 bridgehead atoms. The SMILES string of the molecule is CC(C)(C)C1=CC2N=CN=C2C=C1. The molecule has 2 aliphatic rings. The van der Waals surface area contributed by atoms with Gasteiger partial charge in [0.2, 0.25) is 0 Å². The number of hydrogen-bond acceptors (Lipinski definition) is 2. The Morgan fingerprint density at radius 3 is 2.69 bits per heavy atom. The Morgan fingerprint density at radius 2 is 2.00 bits per heavy atom. The van der Waals surface area contributed by atoms with Gasteiger partial charge in [0.25, 0.3) is 0 Å². The summed E-state index contributed by atoms with van der Waals surface area (Å²) in [5.74, 6) is 0. The maximum Gasteiger partial charge on any atom is 0.112 e. The predicted molar refractivity (Wildman–Crippen MR) is 56.4 cm³/mol. The summed E-state index contributed by atoms with van der Waals surface area (Å²) in [5, 5.41) is 0. The summed E-state index contributed by atoms with van der Waals surface area (Å²) in [6, 6.07) is 0.180. The van der Waals surface area contributed by atoms with Crippen molar-refractivity contribution < 1.29 is 0 Å². The smallest absolute Gasteiger partial charge is 0.112 e. The van der Waals surface area contributed by atoms with Gasteiger partial charge in [0, 0.05) is 0 Å². The third-order valence-electron chi connectivity index (χ3n) is 2.37. The first kappa shape index (κ1) is 8.42. The molecule has 0 aromatic carbocycles. The van der Waals surface area contributed by atoms with E-state index in [2.05, 4.69) is 49.0 Å². The Morgan fingerprint density at radius 1 is 1.23 bits per heavy atom. The fourth-order valence-corrected chi connectivity index (χ4v) is 1.50. The molecule has 13 heavy (non-hydrogen) atoms. The second-order valence-corrected chi connectivity index (χ2v) is 4.47. The number of fused-ring (bicyclic) bond motifs is 1. The van der Waals surface area contributed by atoms with Crippen LogP contribution in [0.1, 0.15) is 20.8 Å². The fraction of sp³-hybridized carbons (Fsp3) is 0.455. The molecule has 68 valence electrons. The summed E-state index contributed by atoms with van der Waals surface area (Å²) in [6.45, 7) is 6.64. The Hall–Kier alpha value is -1.18. The van der Waals surface area contributed by atoms with E-state index in [9.17, 15) is 0 Å². The van der Waals surface area contributed by atoms with Crippen molar-refractivity contribution in [3.8, 4) is 0 Å². The minimum atomic E-state index is 0.180. The van der Waals surface area contributed by atoms with Crippen molar-refractivity contribution in [2.75, 3.05) is 0 Å². The number of aliphatic imine (C=N–C) groups is 2. The minimum absolute atomic E-state index is 0.180. The van der Waals surface area contributed by atoms with Gasteiger partial charge in [-0.25, -0.2) is 4.99 Å². The van der Waals surface area contributed by atoms with Gasteiger partial charge in [-0.2, -0.15) is 0 Å². The van der Waals surface area contributed by atoms with Gasteiger partial charge in [-0.3, -0.25) is 4.99 Å². The van der Waals surface area contributed by atoms with Crippen LogP contribution in [0.25, 0.3) is 0 Å². The van der Waals surface area contributed by atoms with Gasteiger partial charge in [0.1, 0.15) is 12.4 Å². The number of hydrogen-bond donors (Lipinski definition) is 0. The molecule has 0 aromatic rings. The monoisotopic (exact) mass is 174 g/mol. The van der Waals surface area contributed by atoms with Gasteiger partial charge in [0.05, 0.1) is 5.71 Å². The van der Waals surface area contributed by atoms with E-state index in [-0.39, 0.29) is 11.5 Å². The van der Waals surface area contributed by atoms with Crippen LogP contribution in [0.5, 0.6) is 0 Å². The van der Waals surface area contributed by atoms with Crippen molar-refractivity contribution in [3.05, 3.63) is 23.8 Å². The molecule has 0 radical (unpaired) electrons. The molecular weight excluding hydrogens is 160 g/mol. The first-order valence-electron chi connectivity index (χ1n) is 4.57. The second kappa shape index (κ2) is 2.66. The van der Waals surface area contributed by atoms with Crippen LogP contribution in [0.2, 0.25) is 0 Å². The number of rotatable bonds is 0. The largest absolute Gasteiger partial charge is 0.260 e. The summed E-state index contributed by atoms with van der Waals surface area (Å²) in [5.41, 5.74) is 2.61. The summed E-state index contributed by atoms with van der Waals surface area (Å²) < 4.78 is 0. The normalized spacial score (nSPS) is 25.6. The van der Waals surface area contributed by atoms with E-state index in [4.69, 9.17) is 0 Å². The highest BCUT2D eigenvalue weighted by Crippen LogP contribution is 2.29. The maximum absolute atomic E-state index is 4.27. The van der Waals surface area contributed by atoms with Gasteiger partial charge in [-0.05, 0) is 17.1 Å². The predicted octanol–water partition coefficient (Wildman–Crippen LogP) is 2.38. The zero-order valence-corrected chi connectivity index (χ0v) is 8.28. The van der Waals surface area contributed by atoms with Gasteiger partial charge in [-0.15, -0.1) is 0 Å². The summed E-state index contributed by atoms with van der Waals surface area (Å²) >= 11 is 0. The van der Waals surface area contributed by atoms with Crippen molar-refractivity contribution in [1.82, 2.24) is 0 Å². The highest BCUT2D eigenvalue weighted by atomic mass is 15.0. The lowest BCUT2D eigenvalue weighted by Crippen LogP contribution is -2.19. The third-order valence-corrected chi connectivity index (χ3v) is 2.37. The molecular formula is C11H14N2. The highest BCUT2D eigenvalue weighted by molar-refractivity contribution is 6.08. The van der Waals surface area contributed by atoms with Gasteiger partial charge in [0.15, 0.2) is 0 Å². The van der Waals surface area contributed by atoms with Crippen molar-refractivity contribution in [2.24, 2.45) is 15.4 Å². The lowest BCUT2D eigenvalue weighted by atomic mass is 9.82. The van der Waals surface area contributed by atoms with Crippen molar-refractivity contribution in [2.45, 2.75) is 26.8 Å².